The van der Waals surface area contributed by atoms with Crippen molar-refractivity contribution in [1.82, 2.24) is 14.8 Å². The van der Waals surface area contributed by atoms with Crippen LogP contribution in [0.5, 0.6) is 23.0 Å². The number of hydrogen-bond acceptors (Lipinski definition) is 8. The largest absolute Gasteiger partial charge is 0.493 e. The predicted octanol–water partition coefficient (Wildman–Crippen LogP) is 4.76. The van der Waals surface area contributed by atoms with Crippen molar-refractivity contribution in [1.29, 1.82) is 0 Å². The third-order valence-corrected chi connectivity index (χ3v) is 7.61. The summed E-state index contributed by atoms with van der Waals surface area (Å²) in [5.41, 5.74) is 2.86. The Kier molecular flexibility index (Phi) is 8.11. The van der Waals surface area contributed by atoms with Gasteiger partial charge in [-0.2, -0.15) is 0 Å². The van der Waals surface area contributed by atoms with Crippen LogP contribution in [0.4, 0.5) is 0 Å². The van der Waals surface area contributed by atoms with E-state index in [1.165, 1.54) is 6.42 Å². The first kappa shape index (κ1) is 25.4. The molecule has 1 saturated heterocycles. The summed E-state index contributed by atoms with van der Waals surface area (Å²) in [6.07, 6.45) is 4.17. The quantitative estimate of drug-likeness (QED) is 0.379. The van der Waals surface area contributed by atoms with E-state index in [4.69, 9.17) is 23.9 Å². The Morgan fingerprint density at radius 3 is 2.57 bits per heavy atom. The normalized spacial score (nSPS) is 14.7. The molecule has 3 aromatic rings. The minimum absolute atomic E-state index is 0.0508. The van der Waals surface area contributed by atoms with E-state index in [-0.39, 0.29) is 12.7 Å². The number of rotatable bonds is 10. The van der Waals surface area contributed by atoms with Crippen LogP contribution in [0.2, 0.25) is 0 Å². The van der Waals surface area contributed by atoms with E-state index >= 15 is 0 Å². The first-order chi connectivity index (χ1) is 18.1. The van der Waals surface area contributed by atoms with Gasteiger partial charge in [-0.15, -0.1) is 11.3 Å². The number of piperidine rings is 1. The minimum Gasteiger partial charge on any atom is -0.493 e. The molecule has 0 radical (unpaired) electrons. The van der Waals surface area contributed by atoms with Gasteiger partial charge in [0.2, 0.25) is 6.79 Å². The summed E-state index contributed by atoms with van der Waals surface area (Å²) in [5.74, 6) is 3.05. The zero-order chi connectivity index (χ0) is 25.6. The summed E-state index contributed by atoms with van der Waals surface area (Å²) in [5, 5.41) is 2.84. The molecule has 196 valence electrons. The molecule has 3 heterocycles. The molecule has 1 amide bonds. The van der Waals surface area contributed by atoms with E-state index in [2.05, 4.69) is 17.0 Å². The Balaban J connectivity index is 1.30. The van der Waals surface area contributed by atoms with Gasteiger partial charge in [-0.3, -0.25) is 9.69 Å². The van der Waals surface area contributed by atoms with E-state index in [1.807, 2.05) is 34.5 Å². The van der Waals surface area contributed by atoms with Crippen molar-refractivity contribution in [2.75, 3.05) is 40.6 Å². The van der Waals surface area contributed by atoms with Crippen molar-refractivity contribution < 1.29 is 23.7 Å². The third kappa shape index (κ3) is 6.17. The lowest BCUT2D eigenvalue weighted by Gasteiger charge is -2.25. The van der Waals surface area contributed by atoms with Crippen LogP contribution in [-0.4, -0.2) is 61.3 Å². The molecule has 1 aromatic heterocycles. The summed E-state index contributed by atoms with van der Waals surface area (Å²) in [4.78, 5) is 21.9. The zero-order valence-electron chi connectivity index (χ0n) is 21.4. The second-order valence-electron chi connectivity index (χ2n) is 9.32. The first-order valence-corrected chi connectivity index (χ1v) is 13.6. The minimum atomic E-state index is 0.0508. The van der Waals surface area contributed by atoms with Gasteiger partial charge in [0.1, 0.15) is 10.7 Å². The Bertz CT molecular complexity index is 1220. The highest BCUT2D eigenvalue weighted by molar-refractivity contribution is 7.09. The van der Waals surface area contributed by atoms with E-state index in [9.17, 15) is 4.79 Å². The second-order valence-corrected chi connectivity index (χ2v) is 10.3. The number of methoxy groups -OCH3 is 2. The van der Waals surface area contributed by atoms with Crippen molar-refractivity contribution in [3.05, 3.63) is 63.6 Å². The van der Waals surface area contributed by atoms with Gasteiger partial charge in [-0.05, 0) is 61.1 Å². The Hall–Kier alpha value is -3.30. The van der Waals surface area contributed by atoms with Crippen LogP contribution in [0.3, 0.4) is 0 Å². The molecule has 2 aliphatic rings. The van der Waals surface area contributed by atoms with Gasteiger partial charge < -0.3 is 23.8 Å². The summed E-state index contributed by atoms with van der Waals surface area (Å²) in [7, 11) is 3.29. The highest BCUT2D eigenvalue weighted by Gasteiger charge is 2.22. The molecular formula is C28H33N3O5S. The molecule has 2 aliphatic heterocycles. The lowest BCUT2D eigenvalue weighted by atomic mass is 10.1. The number of likely N-dealkylation sites (tertiary alicyclic amines) is 1. The van der Waals surface area contributed by atoms with Crippen molar-refractivity contribution in [3.8, 4) is 23.0 Å². The SMILES string of the molecule is COc1ccc(CCN(Cc2ccc3c(c2)OCO3)Cc2nc(C(=O)N3CCCCC3)cs2)cc1OC. The number of fused-ring (bicyclic) bond motifs is 1. The average molecular weight is 524 g/mol. The number of benzene rings is 2. The second kappa shape index (κ2) is 11.8. The predicted molar refractivity (Wildman–Crippen MR) is 142 cm³/mol. The van der Waals surface area contributed by atoms with Crippen molar-refractivity contribution in [3.63, 3.8) is 0 Å². The highest BCUT2D eigenvalue weighted by Crippen LogP contribution is 2.33. The summed E-state index contributed by atoms with van der Waals surface area (Å²) < 4.78 is 21.9. The topological polar surface area (TPSA) is 73.4 Å². The number of hydrogen-bond donors (Lipinski definition) is 0. The number of carbonyl (C=O) groups is 1. The van der Waals surface area contributed by atoms with Crippen molar-refractivity contribution >= 4 is 17.2 Å². The fraction of sp³-hybridized carbons (Fsp3) is 0.429. The fourth-order valence-electron chi connectivity index (χ4n) is 4.77. The lowest BCUT2D eigenvalue weighted by molar-refractivity contribution is 0.0718. The summed E-state index contributed by atoms with van der Waals surface area (Å²) >= 11 is 1.55. The lowest BCUT2D eigenvalue weighted by Crippen LogP contribution is -2.35. The van der Waals surface area contributed by atoms with Crippen LogP contribution < -0.4 is 18.9 Å². The molecule has 8 nitrogen and oxygen atoms in total. The van der Waals surface area contributed by atoms with Crippen LogP contribution in [0.15, 0.2) is 41.8 Å². The van der Waals surface area contributed by atoms with Gasteiger partial charge >= 0.3 is 0 Å². The molecule has 2 aromatic carbocycles. The molecule has 0 spiro atoms. The van der Waals surface area contributed by atoms with Crippen LogP contribution in [0.1, 0.15) is 45.9 Å². The van der Waals surface area contributed by atoms with E-state index < -0.39 is 0 Å². The maximum atomic E-state index is 12.9. The van der Waals surface area contributed by atoms with Crippen molar-refractivity contribution in [2.45, 2.75) is 38.8 Å². The maximum absolute atomic E-state index is 12.9. The van der Waals surface area contributed by atoms with Crippen LogP contribution in [0, 0.1) is 0 Å². The fourth-order valence-corrected chi connectivity index (χ4v) is 5.58. The molecular weight excluding hydrogens is 490 g/mol. The molecule has 0 N–H and O–H groups in total. The van der Waals surface area contributed by atoms with E-state index in [1.54, 1.807) is 25.6 Å². The average Bonchev–Trinajstić information content (AvgIpc) is 3.61. The Morgan fingerprint density at radius 2 is 1.76 bits per heavy atom. The molecule has 9 heteroatoms. The standard InChI is InChI=1S/C28H33N3O5S/c1-33-23-8-6-20(14-25(23)34-2)10-13-30(16-21-7-9-24-26(15-21)36-19-35-24)17-27-29-22(18-37-27)28(32)31-11-4-3-5-12-31/h6-9,14-15,18H,3-5,10-13,16-17,19H2,1-2H3. The first-order valence-electron chi connectivity index (χ1n) is 12.7. The number of ether oxygens (including phenoxy) is 4. The molecule has 0 saturated carbocycles. The van der Waals surface area contributed by atoms with Gasteiger partial charge in [0.15, 0.2) is 23.0 Å². The molecule has 0 aliphatic carbocycles. The van der Waals surface area contributed by atoms with E-state index in [0.29, 0.717) is 12.2 Å². The smallest absolute Gasteiger partial charge is 0.273 e. The molecule has 0 bridgehead atoms. The van der Waals surface area contributed by atoms with Gasteiger partial charge in [0.05, 0.1) is 20.8 Å². The molecule has 5 rings (SSSR count). The molecule has 0 unspecified atom stereocenters. The summed E-state index contributed by atoms with van der Waals surface area (Å²) in [6, 6.07) is 12.1. The van der Waals surface area contributed by atoms with Gasteiger partial charge in [0.25, 0.3) is 5.91 Å². The number of thiazole rings is 1. The van der Waals surface area contributed by atoms with Gasteiger partial charge in [0, 0.05) is 31.6 Å². The van der Waals surface area contributed by atoms with Crippen LogP contribution in [-0.2, 0) is 19.5 Å². The number of aromatic nitrogens is 1. The molecule has 1 fully saturated rings. The molecule has 37 heavy (non-hydrogen) atoms. The number of carbonyl (C=O) groups excluding carboxylic acids is 1. The number of amides is 1. The van der Waals surface area contributed by atoms with Crippen LogP contribution in [0.25, 0.3) is 0 Å². The zero-order valence-corrected chi connectivity index (χ0v) is 22.2. The summed E-state index contributed by atoms with van der Waals surface area (Å²) in [6.45, 7) is 4.09. The van der Waals surface area contributed by atoms with Crippen LogP contribution >= 0.6 is 11.3 Å². The van der Waals surface area contributed by atoms with Gasteiger partial charge in [-0.1, -0.05) is 12.1 Å². The third-order valence-electron chi connectivity index (χ3n) is 6.78. The highest BCUT2D eigenvalue weighted by atomic mass is 32.1. The van der Waals surface area contributed by atoms with E-state index in [0.717, 1.165) is 84.6 Å². The monoisotopic (exact) mass is 523 g/mol. The van der Waals surface area contributed by atoms with Crippen molar-refractivity contribution in [2.24, 2.45) is 0 Å². The maximum Gasteiger partial charge on any atom is 0.273 e. The number of nitrogens with zero attached hydrogens (tertiary/aromatic N) is 3. The van der Waals surface area contributed by atoms with Gasteiger partial charge in [-0.25, -0.2) is 4.98 Å². The molecule has 0 atom stereocenters. The Labute approximate surface area is 221 Å². The Morgan fingerprint density at radius 1 is 0.973 bits per heavy atom.